The monoisotopic (exact) mass is 505 g/mol. The van der Waals surface area contributed by atoms with E-state index in [4.69, 9.17) is 16.7 Å². The van der Waals surface area contributed by atoms with Crippen LogP contribution in [0.1, 0.15) is 16.9 Å². The molecule has 3 aromatic rings. The second-order valence-electron chi connectivity index (χ2n) is 7.70. The van der Waals surface area contributed by atoms with Crippen molar-refractivity contribution in [3.05, 3.63) is 54.9 Å². The van der Waals surface area contributed by atoms with E-state index in [1.54, 1.807) is 50.1 Å². The molecule has 3 aromatic heterocycles. The first-order chi connectivity index (χ1) is 16.1. The molecule has 0 radical (unpaired) electrons. The number of aromatic nitrogens is 3. The van der Waals surface area contributed by atoms with Gasteiger partial charge in [0.05, 0.1) is 17.1 Å². The minimum atomic E-state index is -0.394. The summed E-state index contributed by atoms with van der Waals surface area (Å²) in [6, 6.07) is 4.04. The highest BCUT2D eigenvalue weighted by molar-refractivity contribution is 6.04. The van der Waals surface area contributed by atoms with E-state index in [0.29, 0.717) is 22.8 Å². The molecule has 0 bridgehead atoms. The van der Waals surface area contributed by atoms with Crippen LogP contribution in [0, 0.1) is 0 Å². The Labute approximate surface area is 207 Å². The lowest BCUT2D eigenvalue weighted by molar-refractivity contribution is 0.101. The van der Waals surface area contributed by atoms with Crippen LogP contribution >= 0.6 is 12.4 Å². The van der Waals surface area contributed by atoms with Gasteiger partial charge in [0.15, 0.2) is 0 Å². The summed E-state index contributed by atoms with van der Waals surface area (Å²) in [5, 5.41) is 14.2. The van der Waals surface area contributed by atoms with Crippen LogP contribution in [-0.2, 0) is 7.05 Å². The van der Waals surface area contributed by atoms with E-state index in [0.717, 1.165) is 0 Å². The number of nitrogens with one attached hydrogen (secondary N) is 1. The van der Waals surface area contributed by atoms with E-state index in [9.17, 15) is 14.4 Å². The number of anilines is 3. The van der Waals surface area contributed by atoms with Crippen LogP contribution in [-0.4, -0.2) is 68.3 Å². The molecule has 3 rings (SSSR count). The minimum Gasteiger partial charge on any atom is -0.409 e. The van der Waals surface area contributed by atoms with Crippen molar-refractivity contribution in [1.82, 2.24) is 18.6 Å². The molecule has 188 valence electrons. The molecule has 0 atom stereocenters. The van der Waals surface area contributed by atoms with Crippen molar-refractivity contribution < 1.29 is 19.6 Å². The zero-order valence-electron chi connectivity index (χ0n) is 19.5. The molecule has 0 fully saturated rings. The molecule has 13 nitrogen and oxygen atoms in total. The number of aryl methyl sites for hydroxylation is 1. The van der Waals surface area contributed by atoms with Gasteiger partial charge < -0.3 is 31.5 Å². The zero-order valence-corrected chi connectivity index (χ0v) is 20.3. The van der Waals surface area contributed by atoms with Crippen molar-refractivity contribution in [3.8, 4) is 0 Å². The summed E-state index contributed by atoms with van der Waals surface area (Å²) in [7, 11) is 4.86. The molecule has 0 aromatic carbocycles. The lowest BCUT2D eigenvalue weighted by Gasteiger charge is -2.18. The number of hydrogen-bond donors (Lipinski definition) is 4. The van der Waals surface area contributed by atoms with Crippen molar-refractivity contribution in [3.63, 3.8) is 0 Å². The lowest BCUT2D eigenvalue weighted by atomic mass is 10.3. The van der Waals surface area contributed by atoms with E-state index in [1.807, 2.05) is 0 Å². The molecule has 0 aliphatic heterocycles. The zero-order chi connectivity index (χ0) is 25.0. The molecule has 0 saturated heterocycles. The highest BCUT2D eigenvalue weighted by Crippen LogP contribution is 2.18. The van der Waals surface area contributed by atoms with Gasteiger partial charge in [-0.25, -0.2) is 9.59 Å². The summed E-state index contributed by atoms with van der Waals surface area (Å²) in [5.41, 5.74) is 12.9. The second kappa shape index (κ2) is 11.2. The molecule has 0 spiro atoms. The van der Waals surface area contributed by atoms with Gasteiger partial charge in [-0.05, 0) is 18.2 Å². The fourth-order valence-corrected chi connectivity index (χ4v) is 3.21. The first-order valence-electron chi connectivity index (χ1n) is 10.2. The molecule has 14 heteroatoms. The molecular weight excluding hydrogens is 478 g/mol. The fraction of sp³-hybridized carbons (Fsp3) is 0.238. The molecule has 3 heterocycles. The Kier molecular flexibility index (Phi) is 8.56. The smallest absolute Gasteiger partial charge is 0.332 e. The Morgan fingerprint density at radius 2 is 1.74 bits per heavy atom. The number of nitrogen functional groups attached to an aromatic ring is 1. The summed E-state index contributed by atoms with van der Waals surface area (Å²) >= 11 is 0. The fourth-order valence-electron chi connectivity index (χ4n) is 3.21. The number of nitrogens with two attached hydrogens (primary N) is 2. The maximum absolute atomic E-state index is 12.9. The average molecular weight is 506 g/mol. The number of carbonyl (C=O) groups is 3. The van der Waals surface area contributed by atoms with Gasteiger partial charge in [-0.15, -0.1) is 12.4 Å². The highest BCUT2D eigenvalue weighted by Gasteiger charge is 2.18. The van der Waals surface area contributed by atoms with Crippen molar-refractivity contribution >= 4 is 53.3 Å². The van der Waals surface area contributed by atoms with E-state index >= 15 is 0 Å². The van der Waals surface area contributed by atoms with Crippen LogP contribution in [0.3, 0.4) is 0 Å². The van der Waals surface area contributed by atoms with Crippen LogP contribution in [0.2, 0.25) is 0 Å². The average Bonchev–Trinajstić information content (AvgIpc) is 3.55. The van der Waals surface area contributed by atoms with Gasteiger partial charge in [0.1, 0.15) is 11.5 Å². The minimum absolute atomic E-state index is 0. The van der Waals surface area contributed by atoms with Crippen molar-refractivity contribution in [1.29, 1.82) is 0 Å². The third-order valence-corrected chi connectivity index (χ3v) is 5.16. The molecule has 0 aliphatic carbocycles. The normalized spacial score (nSPS) is 11.0. The Morgan fingerprint density at radius 3 is 2.37 bits per heavy atom. The van der Waals surface area contributed by atoms with Gasteiger partial charge in [-0.3, -0.25) is 18.8 Å². The van der Waals surface area contributed by atoms with Gasteiger partial charge in [-0.2, -0.15) is 0 Å². The summed E-state index contributed by atoms with van der Waals surface area (Å²) in [5.74, 6) is -0.335. The van der Waals surface area contributed by atoms with E-state index in [-0.39, 0.29) is 43.1 Å². The standard InChI is InChI=1S/C21H27N9O4.ClH/c1-26(7-6-18(23)25-34)20(32)30-9-5-16(13-30)28(3)21(33)29-8-4-15(12-29)24-19(31)17-10-14(22)11-27(17)2;/h4-5,8-13,34H,6-7,22H2,1-3H3,(H2,23,25)(H,24,31);1H. The van der Waals surface area contributed by atoms with Crippen LogP contribution in [0.4, 0.5) is 26.7 Å². The molecule has 0 unspecified atom stereocenters. The number of carbonyl (C=O) groups excluding carboxylic acids is 3. The summed E-state index contributed by atoms with van der Waals surface area (Å²) in [6.45, 7) is 0.254. The van der Waals surface area contributed by atoms with Crippen molar-refractivity contribution in [2.45, 2.75) is 6.42 Å². The summed E-state index contributed by atoms with van der Waals surface area (Å²) < 4.78 is 4.26. The van der Waals surface area contributed by atoms with Crippen molar-refractivity contribution in [2.75, 3.05) is 36.6 Å². The summed E-state index contributed by atoms with van der Waals surface area (Å²) in [6.07, 6.45) is 7.92. The maximum Gasteiger partial charge on any atom is 0.332 e. The number of oxime groups is 1. The van der Waals surface area contributed by atoms with E-state index in [1.165, 1.54) is 43.7 Å². The third kappa shape index (κ3) is 6.14. The maximum atomic E-state index is 12.9. The molecule has 3 amide bonds. The lowest BCUT2D eigenvalue weighted by Crippen LogP contribution is -2.33. The summed E-state index contributed by atoms with van der Waals surface area (Å²) in [4.78, 5) is 40.7. The number of rotatable bonds is 6. The molecule has 35 heavy (non-hydrogen) atoms. The van der Waals surface area contributed by atoms with Crippen LogP contribution in [0.25, 0.3) is 0 Å². The highest BCUT2D eigenvalue weighted by atomic mass is 35.5. The van der Waals surface area contributed by atoms with Crippen LogP contribution < -0.4 is 21.7 Å². The number of amidine groups is 1. The van der Waals surface area contributed by atoms with Gasteiger partial charge in [0.25, 0.3) is 5.91 Å². The quantitative estimate of drug-likeness (QED) is 0.173. The number of halogens is 1. The first kappa shape index (κ1) is 26.9. The Morgan fingerprint density at radius 1 is 1.09 bits per heavy atom. The van der Waals surface area contributed by atoms with Crippen molar-refractivity contribution in [2.24, 2.45) is 17.9 Å². The molecule has 0 aliphatic rings. The molecule has 6 N–H and O–H groups in total. The second-order valence-corrected chi connectivity index (χ2v) is 7.70. The Balaban J connectivity index is 0.00000432. The first-order valence-corrected chi connectivity index (χ1v) is 10.2. The Bertz CT molecular complexity index is 1240. The number of nitrogens with zero attached hydrogens (tertiary/aromatic N) is 6. The van der Waals surface area contributed by atoms with Gasteiger partial charge >= 0.3 is 12.1 Å². The van der Waals surface area contributed by atoms with Crippen LogP contribution in [0.15, 0.2) is 54.3 Å². The SMILES string of the molecule is CN(CCC(N)=NO)C(=O)n1ccc(N(C)C(=O)n2ccc(NC(=O)c3cc(N)cn3C)c2)c1.Cl. The number of hydrogen-bond acceptors (Lipinski definition) is 6. The largest absolute Gasteiger partial charge is 0.409 e. The third-order valence-electron chi connectivity index (χ3n) is 5.16. The Hall–Kier alpha value is -4.39. The van der Waals surface area contributed by atoms with Gasteiger partial charge in [0.2, 0.25) is 0 Å². The van der Waals surface area contributed by atoms with Gasteiger partial charge in [-0.1, -0.05) is 5.16 Å². The van der Waals surface area contributed by atoms with Crippen LogP contribution in [0.5, 0.6) is 0 Å². The van der Waals surface area contributed by atoms with E-state index in [2.05, 4.69) is 10.5 Å². The topological polar surface area (TPSA) is 169 Å². The number of amides is 3. The van der Waals surface area contributed by atoms with E-state index < -0.39 is 6.03 Å². The molecular formula is C21H28ClN9O4. The predicted octanol–water partition coefficient (Wildman–Crippen LogP) is 2.03. The van der Waals surface area contributed by atoms with Gasteiger partial charge in [0, 0.05) is 65.1 Å². The predicted molar refractivity (Wildman–Crippen MR) is 135 cm³/mol. The molecule has 0 saturated carbocycles.